The molecule has 0 bridgehead atoms. The smallest absolute Gasteiger partial charge is 0.264 e. The Kier molecular flexibility index (Phi) is 8.18. The Morgan fingerprint density at radius 2 is 1.62 bits per heavy atom. The van der Waals surface area contributed by atoms with E-state index in [0.29, 0.717) is 6.54 Å². The van der Waals surface area contributed by atoms with E-state index < -0.39 is 22.5 Å². The molecule has 0 aliphatic carbocycles. The maximum atomic E-state index is 13.3. The molecule has 32 heavy (non-hydrogen) atoms. The number of sulfonamides is 1. The van der Waals surface area contributed by atoms with Gasteiger partial charge in [-0.05, 0) is 55.7 Å². The van der Waals surface area contributed by atoms with Crippen LogP contribution in [-0.4, -0.2) is 27.4 Å². The van der Waals surface area contributed by atoms with Crippen molar-refractivity contribution in [3.05, 3.63) is 94.0 Å². The monoisotopic (exact) mass is 490 g/mol. The first kappa shape index (κ1) is 24.1. The second-order valence-electron chi connectivity index (χ2n) is 7.39. The lowest BCUT2D eigenvalue weighted by Gasteiger charge is -2.24. The van der Waals surface area contributed by atoms with Crippen LogP contribution in [0.2, 0.25) is 10.0 Å². The van der Waals surface area contributed by atoms with Crippen LogP contribution in [-0.2, 0) is 21.2 Å². The Bertz CT molecular complexity index is 1160. The molecule has 3 rings (SSSR count). The van der Waals surface area contributed by atoms with Gasteiger partial charge < -0.3 is 5.32 Å². The summed E-state index contributed by atoms with van der Waals surface area (Å²) in [4.78, 5) is 12.7. The SMILES string of the molecule is Cc1cccc(CCCNC(=O)CN(c2cc(Cl)cc(Cl)c2)S(=O)(=O)c2ccccc2)c1. The van der Waals surface area contributed by atoms with Crippen LogP contribution in [0.4, 0.5) is 5.69 Å². The van der Waals surface area contributed by atoms with Crippen LogP contribution in [0.1, 0.15) is 17.5 Å². The number of halogens is 2. The van der Waals surface area contributed by atoms with E-state index in [1.165, 1.54) is 41.5 Å². The molecular formula is C24H24Cl2N2O3S. The first-order chi connectivity index (χ1) is 15.3. The summed E-state index contributed by atoms with van der Waals surface area (Å²) in [5, 5.41) is 3.36. The summed E-state index contributed by atoms with van der Waals surface area (Å²) in [6, 6.07) is 20.6. The van der Waals surface area contributed by atoms with E-state index in [0.717, 1.165) is 17.1 Å². The molecule has 0 fully saturated rings. The minimum absolute atomic E-state index is 0.0725. The number of carbonyl (C=O) groups is 1. The average Bonchev–Trinajstić information content (AvgIpc) is 2.75. The molecule has 168 valence electrons. The highest BCUT2D eigenvalue weighted by Gasteiger charge is 2.27. The third-order valence-corrected chi connectivity index (χ3v) is 7.03. The van der Waals surface area contributed by atoms with E-state index in [9.17, 15) is 13.2 Å². The average molecular weight is 491 g/mol. The Labute approximate surface area is 199 Å². The number of carbonyl (C=O) groups excluding carboxylic acids is 1. The molecule has 3 aromatic rings. The third-order valence-electron chi connectivity index (χ3n) is 4.80. The molecule has 0 unspecified atom stereocenters. The number of nitrogens with zero attached hydrogens (tertiary/aromatic N) is 1. The van der Waals surface area contributed by atoms with Crippen LogP contribution < -0.4 is 9.62 Å². The van der Waals surface area contributed by atoms with Crippen LogP contribution >= 0.6 is 23.2 Å². The predicted molar refractivity (Wildman–Crippen MR) is 130 cm³/mol. The number of anilines is 1. The molecule has 1 amide bonds. The largest absolute Gasteiger partial charge is 0.355 e. The number of hydrogen-bond acceptors (Lipinski definition) is 3. The summed E-state index contributed by atoms with van der Waals surface area (Å²) < 4.78 is 27.6. The predicted octanol–water partition coefficient (Wildman–Crippen LogP) is 5.25. The zero-order valence-corrected chi connectivity index (χ0v) is 19.9. The zero-order valence-electron chi connectivity index (χ0n) is 17.6. The van der Waals surface area contributed by atoms with Crippen molar-refractivity contribution >= 4 is 44.8 Å². The van der Waals surface area contributed by atoms with E-state index in [2.05, 4.69) is 11.4 Å². The van der Waals surface area contributed by atoms with E-state index in [4.69, 9.17) is 23.2 Å². The van der Waals surface area contributed by atoms with Crippen molar-refractivity contribution < 1.29 is 13.2 Å². The van der Waals surface area contributed by atoms with Crippen LogP contribution in [0.25, 0.3) is 0 Å². The fraction of sp³-hybridized carbons (Fsp3) is 0.208. The Hall–Kier alpha value is -2.54. The van der Waals surface area contributed by atoms with Crippen LogP contribution in [0.15, 0.2) is 77.7 Å². The maximum absolute atomic E-state index is 13.3. The Morgan fingerprint density at radius 3 is 2.28 bits per heavy atom. The topological polar surface area (TPSA) is 66.5 Å². The van der Waals surface area contributed by atoms with E-state index in [-0.39, 0.29) is 20.6 Å². The number of aryl methyl sites for hydroxylation is 2. The van der Waals surface area contributed by atoms with E-state index >= 15 is 0 Å². The number of rotatable bonds is 9. The summed E-state index contributed by atoms with van der Waals surface area (Å²) in [6.45, 7) is 2.08. The van der Waals surface area contributed by atoms with Gasteiger partial charge in [-0.25, -0.2) is 8.42 Å². The van der Waals surface area contributed by atoms with Crippen LogP contribution in [0, 0.1) is 6.92 Å². The molecule has 0 atom stereocenters. The lowest BCUT2D eigenvalue weighted by Crippen LogP contribution is -2.41. The van der Waals surface area contributed by atoms with Crippen molar-refractivity contribution in [2.24, 2.45) is 0 Å². The number of amides is 1. The second kappa shape index (κ2) is 10.9. The third kappa shape index (κ3) is 6.48. The summed E-state index contributed by atoms with van der Waals surface area (Å²) in [5.41, 5.74) is 2.61. The summed E-state index contributed by atoms with van der Waals surface area (Å²) >= 11 is 12.2. The van der Waals surface area contributed by atoms with Gasteiger partial charge in [0.25, 0.3) is 10.0 Å². The minimum Gasteiger partial charge on any atom is -0.355 e. The standard InChI is InChI=1S/C24H24Cl2N2O3S/c1-18-7-5-8-19(13-18)9-6-12-27-24(29)17-28(22-15-20(25)14-21(26)16-22)32(30,31)23-10-3-2-4-11-23/h2-5,7-8,10-11,13-16H,6,9,12,17H2,1H3,(H,27,29). The van der Waals surface area contributed by atoms with Gasteiger partial charge in [-0.15, -0.1) is 0 Å². The van der Waals surface area contributed by atoms with Gasteiger partial charge in [-0.1, -0.05) is 71.2 Å². The lowest BCUT2D eigenvalue weighted by atomic mass is 10.1. The Morgan fingerprint density at radius 1 is 0.938 bits per heavy atom. The molecule has 1 N–H and O–H groups in total. The normalized spacial score (nSPS) is 11.2. The molecule has 0 aromatic heterocycles. The quantitative estimate of drug-likeness (QED) is 0.416. The van der Waals surface area contributed by atoms with Gasteiger partial charge in [0, 0.05) is 16.6 Å². The summed E-state index contributed by atoms with van der Waals surface area (Å²) in [7, 11) is -4.01. The minimum atomic E-state index is -4.01. The molecule has 0 aliphatic heterocycles. The maximum Gasteiger partial charge on any atom is 0.264 e. The molecule has 0 spiro atoms. The summed E-state index contributed by atoms with van der Waals surface area (Å²) in [6.07, 6.45) is 1.56. The number of hydrogen-bond donors (Lipinski definition) is 1. The highest BCUT2D eigenvalue weighted by Crippen LogP contribution is 2.29. The van der Waals surface area contributed by atoms with Gasteiger partial charge in [0.15, 0.2) is 0 Å². The molecule has 0 saturated carbocycles. The van der Waals surface area contributed by atoms with Crippen LogP contribution in [0.3, 0.4) is 0 Å². The van der Waals surface area contributed by atoms with Crippen molar-refractivity contribution in [2.45, 2.75) is 24.7 Å². The van der Waals surface area contributed by atoms with Gasteiger partial charge in [0.05, 0.1) is 10.6 Å². The molecule has 0 radical (unpaired) electrons. The number of benzene rings is 3. The van der Waals surface area contributed by atoms with E-state index in [1.54, 1.807) is 18.2 Å². The molecule has 3 aromatic carbocycles. The first-order valence-corrected chi connectivity index (χ1v) is 12.3. The molecule has 0 heterocycles. The van der Waals surface area contributed by atoms with Crippen molar-refractivity contribution in [2.75, 3.05) is 17.4 Å². The van der Waals surface area contributed by atoms with E-state index in [1.807, 2.05) is 25.1 Å². The fourth-order valence-corrected chi connectivity index (χ4v) is 5.23. The molecule has 8 heteroatoms. The van der Waals surface area contributed by atoms with Crippen molar-refractivity contribution in [1.82, 2.24) is 5.32 Å². The molecular weight excluding hydrogens is 467 g/mol. The fourth-order valence-electron chi connectivity index (χ4n) is 3.29. The first-order valence-electron chi connectivity index (χ1n) is 10.1. The molecule has 0 saturated heterocycles. The molecule has 5 nitrogen and oxygen atoms in total. The van der Waals surface area contributed by atoms with Gasteiger partial charge in [0.2, 0.25) is 5.91 Å². The van der Waals surface area contributed by atoms with Crippen LogP contribution in [0.5, 0.6) is 0 Å². The lowest BCUT2D eigenvalue weighted by molar-refractivity contribution is -0.119. The van der Waals surface area contributed by atoms with Gasteiger partial charge >= 0.3 is 0 Å². The second-order valence-corrected chi connectivity index (χ2v) is 10.1. The van der Waals surface area contributed by atoms with Gasteiger partial charge in [0.1, 0.15) is 6.54 Å². The van der Waals surface area contributed by atoms with Gasteiger partial charge in [-0.3, -0.25) is 9.10 Å². The number of nitrogens with one attached hydrogen (secondary N) is 1. The van der Waals surface area contributed by atoms with Crippen molar-refractivity contribution in [1.29, 1.82) is 0 Å². The molecule has 0 aliphatic rings. The Balaban J connectivity index is 1.73. The highest BCUT2D eigenvalue weighted by molar-refractivity contribution is 7.92. The summed E-state index contributed by atoms with van der Waals surface area (Å²) in [5.74, 6) is -0.412. The van der Waals surface area contributed by atoms with Crippen molar-refractivity contribution in [3.63, 3.8) is 0 Å². The highest BCUT2D eigenvalue weighted by atomic mass is 35.5. The zero-order chi connectivity index (χ0) is 23.1. The van der Waals surface area contributed by atoms with Gasteiger partial charge in [-0.2, -0.15) is 0 Å². The van der Waals surface area contributed by atoms with Crippen molar-refractivity contribution in [3.8, 4) is 0 Å².